The molecule has 1 amide bonds. The summed E-state index contributed by atoms with van der Waals surface area (Å²) in [7, 11) is 3.00. The molecule has 0 radical (unpaired) electrons. The Morgan fingerprint density at radius 3 is 2.38 bits per heavy atom. The van der Waals surface area contributed by atoms with Crippen LogP contribution in [0.15, 0.2) is 84.0 Å². The van der Waals surface area contributed by atoms with E-state index in [9.17, 15) is 9.59 Å². The molecule has 0 aliphatic heterocycles. The summed E-state index contributed by atoms with van der Waals surface area (Å²) in [6, 6.07) is 22.6. The molecule has 0 saturated heterocycles. The van der Waals surface area contributed by atoms with E-state index in [0.717, 1.165) is 10.8 Å². The highest BCUT2D eigenvalue weighted by Gasteiger charge is 2.16. The number of carbonyl (C=O) groups is 2. The molecule has 8 nitrogen and oxygen atoms in total. The van der Waals surface area contributed by atoms with Crippen LogP contribution in [0, 0.1) is 0 Å². The summed E-state index contributed by atoms with van der Waals surface area (Å²) < 4.78 is 21.6. The topological polar surface area (TPSA) is 95.5 Å². The van der Waals surface area contributed by atoms with Gasteiger partial charge in [0.25, 0.3) is 5.91 Å². The Labute approximate surface area is 218 Å². The molecular weight excluding hydrogens is 496 g/mol. The molecular formula is C28H23ClN2O6. The minimum Gasteiger partial charge on any atom is -0.493 e. The average molecular weight is 519 g/mol. The number of esters is 1. The molecule has 37 heavy (non-hydrogen) atoms. The molecule has 188 valence electrons. The van der Waals surface area contributed by atoms with Crippen molar-refractivity contribution in [3.63, 3.8) is 0 Å². The van der Waals surface area contributed by atoms with Gasteiger partial charge in [-0.3, -0.25) is 4.79 Å². The number of amides is 1. The van der Waals surface area contributed by atoms with Crippen LogP contribution in [0.1, 0.15) is 15.9 Å². The molecule has 0 fully saturated rings. The van der Waals surface area contributed by atoms with Crippen LogP contribution in [0.5, 0.6) is 23.0 Å². The van der Waals surface area contributed by atoms with Crippen molar-refractivity contribution in [2.24, 2.45) is 5.10 Å². The number of nitrogens with one attached hydrogen (secondary N) is 1. The summed E-state index contributed by atoms with van der Waals surface area (Å²) in [5, 5.41) is 6.14. The monoisotopic (exact) mass is 518 g/mol. The number of hydrazone groups is 1. The van der Waals surface area contributed by atoms with Gasteiger partial charge in [0.2, 0.25) is 0 Å². The van der Waals surface area contributed by atoms with E-state index in [0.29, 0.717) is 27.8 Å². The van der Waals surface area contributed by atoms with E-state index >= 15 is 0 Å². The predicted molar refractivity (Wildman–Crippen MR) is 141 cm³/mol. The Kier molecular flexibility index (Phi) is 8.22. The number of nitrogens with zero attached hydrogens (tertiary/aromatic N) is 1. The van der Waals surface area contributed by atoms with E-state index < -0.39 is 11.9 Å². The van der Waals surface area contributed by atoms with Gasteiger partial charge in [-0.1, -0.05) is 54.1 Å². The smallest absolute Gasteiger partial charge is 0.343 e. The number of rotatable bonds is 9. The molecule has 0 heterocycles. The third-order valence-electron chi connectivity index (χ3n) is 5.33. The molecule has 0 spiro atoms. The van der Waals surface area contributed by atoms with Gasteiger partial charge in [-0.15, -0.1) is 0 Å². The second-order valence-corrected chi connectivity index (χ2v) is 8.08. The van der Waals surface area contributed by atoms with Crippen molar-refractivity contribution in [3.8, 4) is 23.0 Å². The molecule has 0 unspecified atom stereocenters. The Bertz CT molecular complexity index is 1470. The summed E-state index contributed by atoms with van der Waals surface area (Å²) in [4.78, 5) is 25.2. The van der Waals surface area contributed by atoms with Crippen LogP contribution in [-0.4, -0.2) is 38.9 Å². The van der Waals surface area contributed by atoms with Crippen LogP contribution in [0.25, 0.3) is 10.8 Å². The number of fused-ring (bicyclic) bond motifs is 1. The lowest BCUT2D eigenvalue weighted by atomic mass is 10.0. The summed E-state index contributed by atoms with van der Waals surface area (Å²) in [5.41, 5.74) is 3.21. The van der Waals surface area contributed by atoms with Crippen molar-refractivity contribution in [2.75, 3.05) is 20.8 Å². The molecule has 0 aromatic heterocycles. The van der Waals surface area contributed by atoms with Crippen LogP contribution in [0.3, 0.4) is 0 Å². The van der Waals surface area contributed by atoms with Crippen molar-refractivity contribution >= 4 is 40.5 Å². The first-order valence-corrected chi connectivity index (χ1v) is 11.5. The number of benzene rings is 4. The van der Waals surface area contributed by atoms with Crippen molar-refractivity contribution in [1.29, 1.82) is 0 Å². The standard InChI is InChI=1S/C28H23ClN2O6/c1-34-25-14-12-19(15-26(25)35-2)28(33)37-23-13-11-18-7-3-4-8-20(18)21(23)16-30-31-27(32)17-36-24-10-6-5-9-22(24)29/h3-16H,17H2,1-2H3,(H,31,32). The quantitative estimate of drug-likeness (QED) is 0.140. The average Bonchev–Trinajstić information content (AvgIpc) is 2.93. The lowest BCUT2D eigenvalue weighted by molar-refractivity contribution is -0.123. The second kappa shape index (κ2) is 11.9. The first-order valence-electron chi connectivity index (χ1n) is 11.2. The number of halogens is 1. The van der Waals surface area contributed by atoms with Gasteiger partial charge < -0.3 is 18.9 Å². The number of hydrogen-bond acceptors (Lipinski definition) is 7. The number of ether oxygens (including phenoxy) is 4. The lowest BCUT2D eigenvalue weighted by Gasteiger charge is -2.12. The Morgan fingerprint density at radius 1 is 0.865 bits per heavy atom. The van der Waals surface area contributed by atoms with Gasteiger partial charge in [-0.2, -0.15) is 5.10 Å². The van der Waals surface area contributed by atoms with Gasteiger partial charge in [-0.05, 0) is 47.2 Å². The van der Waals surface area contributed by atoms with E-state index in [2.05, 4.69) is 10.5 Å². The predicted octanol–water partition coefficient (Wildman–Crippen LogP) is 5.26. The molecule has 0 aliphatic rings. The number of para-hydroxylation sites is 1. The maximum atomic E-state index is 12.9. The Morgan fingerprint density at radius 2 is 1.59 bits per heavy atom. The molecule has 0 atom stereocenters. The summed E-state index contributed by atoms with van der Waals surface area (Å²) >= 11 is 6.04. The number of carbonyl (C=O) groups excluding carboxylic acids is 2. The zero-order valence-corrected chi connectivity index (χ0v) is 20.8. The Balaban J connectivity index is 1.53. The fraction of sp³-hybridized carbons (Fsp3) is 0.107. The van der Waals surface area contributed by atoms with E-state index in [1.807, 2.05) is 30.3 Å². The minimum absolute atomic E-state index is 0.267. The molecule has 0 aliphatic carbocycles. The first kappa shape index (κ1) is 25.5. The summed E-state index contributed by atoms with van der Waals surface area (Å²) in [6.45, 7) is -0.280. The lowest BCUT2D eigenvalue weighted by Crippen LogP contribution is -2.24. The molecule has 4 rings (SSSR count). The van der Waals surface area contributed by atoms with Crippen molar-refractivity contribution < 1.29 is 28.5 Å². The zero-order valence-electron chi connectivity index (χ0n) is 20.1. The van der Waals surface area contributed by atoms with Gasteiger partial charge in [0.05, 0.1) is 31.0 Å². The van der Waals surface area contributed by atoms with E-state index in [-0.39, 0.29) is 17.9 Å². The van der Waals surface area contributed by atoms with Crippen LogP contribution in [0.2, 0.25) is 5.02 Å². The van der Waals surface area contributed by atoms with Gasteiger partial charge in [-0.25, -0.2) is 10.2 Å². The SMILES string of the molecule is COc1ccc(C(=O)Oc2ccc3ccccc3c2C=NNC(=O)COc2ccccc2Cl)cc1OC. The maximum absolute atomic E-state index is 12.9. The molecule has 4 aromatic rings. The van der Waals surface area contributed by atoms with E-state index in [1.54, 1.807) is 42.5 Å². The highest BCUT2D eigenvalue weighted by molar-refractivity contribution is 6.32. The third kappa shape index (κ3) is 6.17. The largest absolute Gasteiger partial charge is 0.493 e. The summed E-state index contributed by atoms with van der Waals surface area (Å²) in [5.74, 6) is 0.472. The van der Waals surface area contributed by atoms with Crippen LogP contribution in [0.4, 0.5) is 0 Å². The van der Waals surface area contributed by atoms with E-state index in [1.165, 1.54) is 26.5 Å². The fourth-order valence-corrected chi connectivity index (χ4v) is 3.72. The number of hydrogen-bond donors (Lipinski definition) is 1. The summed E-state index contributed by atoms with van der Waals surface area (Å²) in [6.07, 6.45) is 1.42. The van der Waals surface area contributed by atoms with Gasteiger partial charge in [0.1, 0.15) is 11.5 Å². The van der Waals surface area contributed by atoms with Gasteiger partial charge >= 0.3 is 5.97 Å². The van der Waals surface area contributed by atoms with Crippen LogP contribution >= 0.6 is 11.6 Å². The molecule has 1 N–H and O–H groups in total. The highest BCUT2D eigenvalue weighted by Crippen LogP contribution is 2.30. The zero-order chi connectivity index (χ0) is 26.2. The molecule has 4 aromatic carbocycles. The molecule has 0 saturated carbocycles. The van der Waals surface area contributed by atoms with Crippen molar-refractivity contribution in [3.05, 3.63) is 95.0 Å². The molecule has 0 bridgehead atoms. The van der Waals surface area contributed by atoms with Crippen molar-refractivity contribution in [1.82, 2.24) is 5.43 Å². The first-order chi connectivity index (χ1) is 18.0. The minimum atomic E-state index is -0.594. The third-order valence-corrected chi connectivity index (χ3v) is 5.64. The van der Waals surface area contributed by atoms with Gasteiger partial charge in [0.15, 0.2) is 18.1 Å². The second-order valence-electron chi connectivity index (χ2n) is 7.67. The van der Waals surface area contributed by atoms with Crippen LogP contribution < -0.4 is 24.4 Å². The number of methoxy groups -OCH3 is 2. The van der Waals surface area contributed by atoms with Gasteiger partial charge in [0, 0.05) is 5.56 Å². The normalized spacial score (nSPS) is 10.8. The van der Waals surface area contributed by atoms with Crippen LogP contribution in [-0.2, 0) is 4.79 Å². The fourth-order valence-electron chi connectivity index (χ4n) is 3.53. The highest BCUT2D eigenvalue weighted by atomic mass is 35.5. The van der Waals surface area contributed by atoms with Crippen molar-refractivity contribution in [2.45, 2.75) is 0 Å². The molecule has 9 heteroatoms. The van der Waals surface area contributed by atoms with E-state index in [4.69, 9.17) is 30.5 Å². The maximum Gasteiger partial charge on any atom is 0.343 e. The Hall–Kier alpha value is -4.56.